The molecule has 0 saturated heterocycles. The third-order valence-corrected chi connectivity index (χ3v) is 4.77. The van der Waals surface area contributed by atoms with Crippen molar-refractivity contribution in [1.29, 1.82) is 0 Å². The lowest BCUT2D eigenvalue weighted by Gasteiger charge is -2.06. The second kappa shape index (κ2) is 6.42. The molecule has 0 aromatic heterocycles. The van der Waals surface area contributed by atoms with Crippen molar-refractivity contribution in [1.82, 2.24) is 0 Å². The van der Waals surface area contributed by atoms with Crippen LogP contribution >= 0.6 is 23.2 Å². The average molecular weight is 314 g/mol. The Morgan fingerprint density at radius 1 is 1.05 bits per heavy atom. The zero-order chi connectivity index (χ0) is 13.8. The van der Waals surface area contributed by atoms with E-state index in [0.29, 0.717) is 27.1 Å². The first-order chi connectivity index (χ1) is 9.06. The third kappa shape index (κ3) is 3.96. The Morgan fingerprint density at radius 3 is 2.42 bits per heavy atom. The predicted molar refractivity (Wildman–Crippen MR) is 82.3 cm³/mol. The summed E-state index contributed by atoms with van der Waals surface area (Å²) in [6, 6.07) is 12.6. The number of nitrogens with two attached hydrogens (primary N) is 1. The molecule has 0 aliphatic carbocycles. The molecule has 5 heteroatoms. The van der Waals surface area contributed by atoms with E-state index < -0.39 is 10.8 Å². The second-order valence-electron chi connectivity index (χ2n) is 4.12. The van der Waals surface area contributed by atoms with Gasteiger partial charge in [-0.2, -0.15) is 0 Å². The van der Waals surface area contributed by atoms with Gasteiger partial charge in [0.25, 0.3) is 0 Å². The van der Waals surface area contributed by atoms with Crippen LogP contribution < -0.4 is 5.73 Å². The van der Waals surface area contributed by atoms with Crippen molar-refractivity contribution in [2.45, 2.75) is 11.3 Å². The smallest absolute Gasteiger partial charge is 0.0589 e. The van der Waals surface area contributed by atoms with Crippen LogP contribution in [-0.2, 0) is 17.2 Å². The van der Waals surface area contributed by atoms with Crippen molar-refractivity contribution >= 4 is 39.7 Å². The zero-order valence-corrected chi connectivity index (χ0v) is 12.4. The van der Waals surface area contributed by atoms with E-state index in [1.165, 1.54) is 0 Å². The molecule has 2 N–H and O–H groups in total. The van der Waals surface area contributed by atoms with Crippen LogP contribution in [-0.4, -0.2) is 9.96 Å². The number of rotatable bonds is 4. The molecule has 0 amide bonds. The summed E-state index contributed by atoms with van der Waals surface area (Å²) in [4.78, 5) is 0.588. The molecule has 0 spiro atoms. The summed E-state index contributed by atoms with van der Waals surface area (Å²) < 4.78 is 12.2. The van der Waals surface area contributed by atoms with Crippen LogP contribution in [0.15, 0.2) is 47.4 Å². The molecule has 2 rings (SSSR count). The topological polar surface area (TPSA) is 43.1 Å². The monoisotopic (exact) mass is 313 g/mol. The third-order valence-electron chi connectivity index (χ3n) is 2.69. The van der Waals surface area contributed by atoms with Crippen molar-refractivity contribution in [2.75, 3.05) is 11.5 Å². The standard InChI is InChI=1S/C14H13Cl2NOS/c15-11-3-6-13(16)14(9-11)19(18)8-7-10-1-4-12(17)5-2-10/h1-6,9H,7-8,17H2. The lowest BCUT2D eigenvalue weighted by Crippen LogP contribution is -2.02. The molecule has 1 atom stereocenters. The summed E-state index contributed by atoms with van der Waals surface area (Å²) in [7, 11) is -1.16. The fourth-order valence-electron chi connectivity index (χ4n) is 1.66. The molecular weight excluding hydrogens is 301 g/mol. The summed E-state index contributed by atoms with van der Waals surface area (Å²) in [5, 5.41) is 1.03. The van der Waals surface area contributed by atoms with Gasteiger partial charge in [-0.3, -0.25) is 4.21 Å². The van der Waals surface area contributed by atoms with Crippen LogP contribution in [0.2, 0.25) is 10.0 Å². The summed E-state index contributed by atoms with van der Waals surface area (Å²) in [6.07, 6.45) is 0.704. The number of halogens is 2. The van der Waals surface area contributed by atoms with Gasteiger partial charge in [0.05, 0.1) is 20.7 Å². The molecule has 0 fully saturated rings. The van der Waals surface area contributed by atoms with Crippen LogP contribution in [0.3, 0.4) is 0 Å². The van der Waals surface area contributed by atoms with Crippen molar-refractivity contribution in [3.8, 4) is 0 Å². The molecular formula is C14H13Cl2NOS. The van der Waals surface area contributed by atoms with Gasteiger partial charge in [0.15, 0.2) is 0 Å². The van der Waals surface area contributed by atoms with Gasteiger partial charge in [0.1, 0.15) is 0 Å². The van der Waals surface area contributed by atoms with E-state index >= 15 is 0 Å². The Hall–Kier alpha value is -1.03. The van der Waals surface area contributed by atoms with Gasteiger partial charge >= 0.3 is 0 Å². The predicted octanol–water partition coefficient (Wildman–Crippen LogP) is 3.93. The Balaban J connectivity index is 2.05. The molecule has 19 heavy (non-hydrogen) atoms. The van der Waals surface area contributed by atoms with Crippen LogP contribution in [0.5, 0.6) is 0 Å². The van der Waals surface area contributed by atoms with Gasteiger partial charge in [-0.05, 0) is 42.3 Å². The van der Waals surface area contributed by atoms with E-state index in [-0.39, 0.29) is 0 Å². The lowest BCUT2D eigenvalue weighted by atomic mass is 10.2. The summed E-state index contributed by atoms with van der Waals surface area (Å²) >= 11 is 11.9. The van der Waals surface area contributed by atoms with Gasteiger partial charge in [-0.15, -0.1) is 0 Å². The van der Waals surface area contributed by atoms with Gasteiger partial charge in [0, 0.05) is 16.5 Å². The van der Waals surface area contributed by atoms with E-state index in [4.69, 9.17) is 28.9 Å². The quantitative estimate of drug-likeness (QED) is 0.869. The zero-order valence-electron chi connectivity index (χ0n) is 10.1. The maximum Gasteiger partial charge on any atom is 0.0589 e. The maximum atomic E-state index is 12.2. The Labute approximate surface area is 125 Å². The first-order valence-corrected chi connectivity index (χ1v) is 7.81. The summed E-state index contributed by atoms with van der Waals surface area (Å²) in [6.45, 7) is 0. The van der Waals surface area contributed by atoms with Crippen molar-refractivity contribution in [3.05, 3.63) is 58.1 Å². The Kier molecular flexibility index (Phi) is 4.86. The number of benzene rings is 2. The molecule has 2 aromatic rings. The molecule has 2 nitrogen and oxygen atoms in total. The van der Waals surface area contributed by atoms with Gasteiger partial charge < -0.3 is 5.73 Å². The molecule has 100 valence electrons. The van der Waals surface area contributed by atoms with Gasteiger partial charge in [-0.1, -0.05) is 35.3 Å². The Bertz CT molecular complexity index is 599. The number of nitrogen functional groups attached to an aromatic ring is 1. The average Bonchev–Trinajstić information content (AvgIpc) is 2.40. The highest BCUT2D eigenvalue weighted by Crippen LogP contribution is 2.24. The van der Waals surface area contributed by atoms with Crippen LogP contribution in [0, 0.1) is 0 Å². The minimum absolute atomic E-state index is 0.486. The molecule has 1 unspecified atom stereocenters. The maximum absolute atomic E-state index is 12.2. The largest absolute Gasteiger partial charge is 0.399 e. The first-order valence-electron chi connectivity index (χ1n) is 5.74. The normalized spacial score (nSPS) is 12.3. The summed E-state index contributed by atoms with van der Waals surface area (Å²) in [5.74, 6) is 0.504. The Morgan fingerprint density at radius 2 is 1.74 bits per heavy atom. The van der Waals surface area contributed by atoms with Crippen LogP contribution in [0.4, 0.5) is 5.69 Å². The van der Waals surface area contributed by atoms with Crippen molar-refractivity contribution in [2.24, 2.45) is 0 Å². The first kappa shape index (κ1) is 14.4. The van der Waals surface area contributed by atoms with E-state index in [0.717, 1.165) is 11.3 Å². The minimum atomic E-state index is -1.16. The van der Waals surface area contributed by atoms with E-state index in [1.807, 2.05) is 24.3 Å². The van der Waals surface area contributed by atoms with Crippen LogP contribution in [0.1, 0.15) is 5.56 Å². The van der Waals surface area contributed by atoms with Gasteiger partial charge in [-0.25, -0.2) is 0 Å². The van der Waals surface area contributed by atoms with E-state index in [1.54, 1.807) is 18.2 Å². The molecule has 0 saturated carbocycles. The van der Waals surface area contributed by atoms with E-state index in [2.05, 4.69) is 0 Å². The number of aryl methyl sites for hydroxylation is 1. The number of hydrogen-bond acceptors (Lipinski definition) is 2. The highest BCUT2D eigenvalue weighted by molar-refractivity contribution is 7.85. The second-order valence-corrected chi connectivity index (χ2v) is 6.50. The molecule has 0 aliphatic heterocycles. The number of anilines is 1. The lowest BCUT2D eigenvalue weighted by molar-refractivity contribution is 0.682. The fraction of sp³-hybridized carbons (Fsp3) is 0.143. The van der Waals surface area contributed by atoms with Crippen LogP contribution in [0.25, 0.3) is 0 Å². The minimum Gasteiger partial charge on any atom is -0.399 e. The fourth-order valence-corrected chi connectivity index (χ4v) is 3.45. The summed E-state index contributed by atoms with van der Waals surface area (Å²) in [5.41, 5.74) is 7.44. The van der Waals surface area contributed by atoms with Crippen molar-refractivity contribution in [3.63, 3.8) is 0 Å². The highest BCUT2D eigenvalue weighted by atomic mass is 35.5. The SMILES string of the molecule is Nc1ccc(CCS(=O)c2cc(Cl)ccc2Cl)cc1. The van der Waals surface area contributed by atoms with E-state index in [9.17, 15) is 4.21 Å². The number of hydrogen-bond donors (Lipinski definition) is 1. The molecule has 0 radical (unpaired) electrons. The molecule has 0 aliphatic rings. The molecule has 0 bridgehead atoms. The van der Waals surface area contributed by atoms with Gasteiger partial charge in [0.2, 0.25) is 0 Å². The highest BCUT2D eigenvalue weighted by Gasteiger charge is 2.09. The van der Waals surface area contributed by atoms with Crippen molar-refractivity contribution < 1.29 is 4.21 Å². The molecule has 0 heterocycles. The molecule has 2 aromatic carbocycles.